The summed E-state index contributed by atoms with van der Waals surface area (Å²) in [5.41, 5.74) is 5.27. The van der Waals surface area contributed by atoms with Gasteiger partial charge in [-0.15, -0.1) is 0 Å². The molecule has 2 aromatic rings. The van der Waals surface area contributed by atoms with E-state index in [0.29, 0.717) is 0 Å². The first kappa shape index (κ1) is 17.0. The molecule has 3 aliphatic rings. The molecular weight excluding hydrogens is 454 g/mol. The van der Waals surface area contributed by atoms with E-state index < -0.39 is 0 Å². The normalized spacial score (nSPS) is 24.8. The first-order chi connectivity index (χ1) is 12.7. The minimum atomic E-state index is -0.283. The van der Waals surface area contributed by atoms with Gasteiger partial charge in [-0.05, 0) is 76.5 Å². The highest BCUT2D eigenvalue weighted by Gasteiger charge is 2.47. The third-order valence-electron chi connectivity index (χ3n) is 5.99. The highest BCUT2D eigenvalue weighted by atomic mass is 79.9. The highest BCUT2D eigenvalue weighted by Crippen LogP contribution is 2.49. The fourth-order valence-corrected chi connectivity index (χ4v) is 6.06. The van der Waals surface area contributed by atoms with Crippen LogP contribution in [0, 0.1) is 0 Å². The average Bonchev–Trinajstić information content (AvgIpc) is 2.66. The molecule has 2 aliphatic heterocycles. The van der Waals surface area contributed by atoms with Gasteiger partial charge < -0.3 is 4.74 Å². The van der Waals surface area contributed by atoms with Crippen LogP contribution in [0.25, 0.3) is 6.08 Å². The van der Waals surface area contributed by atoms with Crippen molar-refractivity contribution in [2.24, 2.45) is 0 Å². The zero-order chi connectivity index (χ0) is 17.7. The number of halogens is 2. The molecule has 1 unspecified atom stereocenters. The third-order valence-corrected chi connectivity index (χ3v) is 7.04. The van der Waals surface area contributed by atoms with E-state index >= 15 is 0 Å². The number of hydrogen-bond donors (Lipinski definition) is 0. The van der Waals surface area contributed by atoms with Crippen LogP contribution in [-0.4, -0.2) is 17.2 Å². The molecule has 4 heteroatoms. The summed E-state index contributed by atoms with van der Waals surface area (Å²) < 4.78 is 8.96. The van der Waals surface area contributed by atoms with E-state index in [1.807, 2.05) is 0 Å². The smallest absolute Gasteiger partial charge is 0.186 e. The molecule has 0 N–H and O–H groups in total. The second kappa shape index (κ2) is 6.50. The molecule has 134 valence electrons. The Morgan fingerprint density at radius 2 is 1.85 bits per heavy atom. The van der Waals surface area contributed by atoms with Crippen LogP contribution in [0.1, 0.15) is 42.4 Å². The van der Waals surface area contributed by atoms with Crippen molar-refractivity contribution in [3.63, 3.8) is 0 Å². The summed E-state index contributed by atoms with van der Waals surface area (Å²) in [5.74, 6) is 0.984. The van der Waals surface area contributed by atoms with Gasteiger partial charge in [0.05, 0.1) is 4.47 Å². The number of ether oxygens (including phenoxy) is 1. The Hall–Kier alpha value is -1.10. The molecule has 0 radical (unpaired) electrons. The van der Waals surface area contributed by atoms with Crippen molar-refractivity contribution in [2.75, 3.05) is 6.54 Å². The lowest BCUT2D eigenvalue weighted by Crippen LogP contribution is -2.58. The second-order valence-corrected chi connectivity index (χ2v) is 9.28. The van der Waals surface area contributed by atoms with Crippen LogP contribution in [-0.2, 0) is 13.0 Å². The quantitative estimate of drug-likeness (QED) is 0.479. The Morgan fingerprint density at radius 3 is 2.73 bits per heavy atom. The topological polar surface area (TPSA) is 12.5 Å². The van der Waals surface area contributed by atoms with Crippen LogP contribution in [0.15, 0.2) is 50.9 Å². The number of rotatable bonds is 1. The summed E-state index contributed by atoms with van der Waals surface area (Å²) in [6.45, 7) is 2.02. The van der Waals surface area contributed by atoms with Gasteiger partial charge in [-0.3, -0.25) is 4.90 Å². The first-order valence-corrected chi connectivity index (χ1v) is 11.0. The predicted molar refractivity (Wildman–Crippen MR) is 112 cm³/mol. The molecule has 1 fully saturated rings. The number of fused-ring (bicyclic) bond motifs is 3. The maximum atomic E-state index is 6.85. The zero-order valence-electron chi connectivity index (χ0n) is 14.6. The molecule has 0 saturated heterocycles. The van der Waals surface area contributed by atoms with Crippen LogP contribution in [0.4, 0.5) is 0 Å². The monoisotopic (exact) mass is 473 g/mol. The van der Waals surface area contributed by atoms with Crippen molar-refractivity contribution in [2.45, 2.75) is 44.4 Å². The molecule has 2 aromatic carbocycles. The van der Waals surface area contributed by atoms with Gasteiger partial charge in [-0.2, -0.15) is 0 Å². The van der Waals surface area contributed by atoms with E-state index in [1.54, 1.807) is 0 Å². The molecule has 1 atom stereocenters. The molecule has 1 saturated carbocycles. The maximum Gasteiger partial charge on any atom is 0.186 e. The largest absolute Gasteiger partial charge is 0.467 e. The zero-order valence-corrected chi connectivity index (χ0v) is 17.8. The van der Waals surface area contributed by atoms with Crippen LogP contribution in [0.5, 0.6) is 5.75 Å². The van der Waals surface area contributed by atoms with Crippen molar-refractivity contribution in [1.82, 2.24) is 4.90 Å². The van der Waals surface area contributed by atoms with Crippen molar-refractivity contribution in [1.29, 1.82) is 0 Å². The molecular formula is C22H21Br2NO. The highest BCUT2D eigenvalue weighted by molar-refractivity contribution is 9.11. The van der Waals surface area contributed by atoms with E-state index in [-0.39, 0.29) is 5.72 Å². The lowest BCUT2D eigenvalue weighted by Gasteiger charge is -2.51. The Balaban J connectivity index is 1.59. The van der Waals surface area contributed by atoms with Gasteiger partial charge in [-0.1, -0.05) is 40.2 Å². The Morgan fingerprint density at radius 1 is 1.00 bits per heavy atom. The summed E-state index contributed by atoms with van der Waals surface area (Å²) in [6.07, 6.45) is 8.16. The van der Waals surface area contributed by atoms with E-state index in [9.17, 15) is 0 Å². The van der Waals surface area contributed by atoms with Crippen LogP contribution < -0.4 is 4.74 Å². The molecule has 26 heavy (non-hydrogen) atoms. The van der Waals surface area contributed by atoms with Gasteiger partial charge >= 0.3 is 0 Å². The van der Waals surface area contributed by atoms with E-state index in [1.165, 1.54) is 35.1 Å². The van der Waals surface area contributed by atoms with Crippen molar-refractivity contribution in [3.8, 4) is 5.75 Å². The van der Waals surface area contributed by atoms with Crippen molar-refractivity contribution < 1.29 is 4.74 Å². The summed E-state index contributed by atoms with van der Waals surface area (Å²) in [5, 5.41) is 0. The number of hydrogen-bond acceptors (Lipinski definition) is 2. The fourth-order valence-electron chi connectivity index (χ4n) is 4.72. The van der Waals surface area contributed by atoms with Gasteiger partial charge in [-0.25, -0.2) is 0 Å². The standard InChI is InChI=1S/C22H21Br2NO/c23-19-12-17-11-18-7-3-4-9-22(18,26-21(17)20(24)13-19)25-10-8-15-5-1-2-6-16(15)14-25/h1-2,5-6,11-13H,3-4,7-10,14H2. The SMILES string of the molecule is Brc1cc(Br)c2c(c1)C=C1CCCCC1(N1CCc3ccccc3C1)O2. The molecule has 2 heterocycles. The van der Waals surface area contributed by atoms with Gasteiger partial charge in [0.25, 0.3) is 0 Å². The summed E-state index contributed by atoms with van der Waals surface area (Å²) in [7, 11) is 0. The van der Waals surface area contributed by atoms with E-state index in [4.69, 9.17) is 4.74 Å². The first-order valence-electron chi connectivity index (χ1n) is 9.37. The Bertz CT molecular complexity index is 907. The molecule has 2 nitrogen and oxygen atoms in total. The Labute approximate surface area is 171 Å². The van der Waals surface area contributed by atoms with Crippen LogP contribution in [0.2, 0.25) is 0 Å². The molecule has 5 rings (SSSR count). The lowest BCUT2D eigenvalue weighted by atomic mass is 9.81. The Kier molecular flexibility index (Phi) is 4.26. The molecule has 0 aromatic heterocycles. The van der Waals surface area contributed by atoms with E-state index in [2.05, 4.69) is 79.2 Å². The average molecular weight is 475 g/mol. The summed E-state index contributed by atoms with van der Waals surface area (Å²) >= 11 is 7.33. The molecule has 1 aliphatic carbocycles. The van der Waals surface area contributed by atoms with E-state index in [0.717, 1.165) is 47.0 Å². The molecule has 0 amide bonds. The summed E-state index contributed by atoms with van der Waals surface area (Å²) in [4.78, 5) is 2.58. The third kappa shape index (κ3) is 2.69. The molecule has 0 bridgehead atoms. The van der Waals surface area contributed by atoms with Gasteiger partial charge in [0.2, 0.25) is 0 Å². The summed E-state index contributed by atoms with van der Waals surface area (Å²) in [6, 6.07) is 13.1. The predicted octanol–water partition coefficient (Wildman–Crippen LogP) is 6.32. The number of nitrogens with zero attached hydrogens (tertiary/aromatic N) is 1. The lowest BCUT2D eigenvalue weighted by molar-refractivity contribution is -0.0822. The van der Waals surface area contributed by atoms with Crippen LogP contribution >= 0.6 is 31.9 Å². The van der Waals surface area contributed by atoms with Gasteiger partial charge in [0.15, 0.2) is 5.72 Å². The van der Waals surface area contributed by atoms with Crippen molar-refractivity contribution >= 4 is 37.9 Å². The van der Waals surface area contributed by atoms with Gasteiger partial charge in [0, 0.05) is 29.5 Å². The minimum absolute atomic E-state index is 0.283. The maximum absolute atomic E-state index is 6.85. The second-order valence-electron chi connectivity index (χ2n) is 7.51. The number of benzene rings is 2. The van der Waals surface area contributed by atoms with Gasteiger partial charge in [0.1, 0.15) is 5.75 Å². The van der Waals surface area contributed by atoms with Crippen LogP contribution in [0.3, 0.4) is 0 Å². The molecule has 0 spiro atoms. The minimum Gasteiger partial charge on any atom is -0.467 e. The fraction of sp³-hybridized carbons (Fsp3) is 0.364. The van der Waals surface area contributed by atoms with Crippen molar-refractivity contribution in [3.05, 3.63) is 67.6 Å².